The van der Waals surface area contributed by atoms with Crippen LogP contribution in [0.4, 0.5) is 10.1 Å². The van der Waals surface area contributed by atoms with Gasteiger partial charge in [-0.25, -0.2) is 4.39 Å². The molecule has 0 saturated carbocycles. The fraction of sp³-hybridized carbons (Fsp3) is 0.440. The Labute approximate surface area is 188 Å². The number of aryl methyl sites for hydroxylation is 1. The Bertz CT molecular complexity index is 790. The van der Waals surface area contributed by atoms with Crippen molar-refractivity contribution in [1.82, 2.24) is 4.90 Å². The SMILES string of the molecule is CCCCCC.Cc1cc(Cl)ccc1NC(C)CN1C=CPC1c1ccc(F)cc1. The molecule has 0 spiro atoms. The fourth-order valence-electron chi connectivity index (χ4n) is 3.43. The molecular formula is C25H35ClFN2P. The van der Waals surface area contributed by atoms with Crippen molar-refractivity contribution in [3.63, 3.8) is 0 Å². The topological polar surface area (TPSA) is 15.3 Å². The number of nitrogens with zero attached hydrogens (tertiary/aromatic N) is 1. The Morgan fingerprint density at radius 1 is 1.10 bits per heavy atom. The van der Waals surface area contributed by atoms with Gasteiger partial charge in [-0.15, -0.1) is 0 Å². The van der Waals surface area contributed by atoms with Crippen LogP contribution in [0.3, 0.4) is 0 Å². The number of anilines is 1. The highest BCUT2D eigenvalue weighted by Crippen LogP contribution is 2.44. The zero-order chi connectivity index (χ0) is 21.9. The molecule has 2 nitrogen and oxygen atoms in total. The molecule has 3 atom stereocenters. The summed E-state index contributed by atoms with van der Waals surface area (Å²) in [5.74, 6) is 2.32. The fourth-order valence-corrected chi connectivity index (χ4v) is 4.88. The summed E-state index contributed by atoms with van der Waals surface area (Å²) in [4.78, 5) is 2.33. The van der Waals surface area contributed by atoms with Gasteiger partial charge < -0.3 is 10.2 Å². The lowest BCUT2D eigenvalue weighted by molar-refractivity contribution is 0.352. The van der Waals surface area contributed by atoms with Crippen LogP contribution in [0.1, 0.15) is 63.4 Å². The van der Waals surface area contributed by atoms with Crippen LogP contribution in [-0.4, -0.2) is 17.5 Å². The van der Waals surface area contributed by atoms with Crippen molar-refractivity contribution in [2.75, 3.05) is 11.9 Å². The average molecular weight is 449 g/mol. The average Bonchev–Trinajstić information content (AvgIpc) is 3.17. The molecule has 1 aliphatic rings. The molecule has 30 heavy (non-hydrogen) atoms. The van der Waals surface area contributed by atoms with Gasteiger partial charge in [0, 0.05) is 29.5 Å². The first-order chi connectivity index (χ1) is 14.4. The van der Waals surface area contributed by atoms with Gasteiger partial charge in [0.05, 0.1) is 5.78 Å². The summed E-state index contributed by atoms with van der Waals surface area (Å²) >= 11 is 6.02. The monoisotopic (exact) mass is 448 g/mol. The van der Waals surface area contributed by atoms with Gasteiger partial charge in [-0.3, -0.25) is 0 Å². The normalized spacial score (nSPS) is 17.0. The Hall–Kier alpha value is -1.57. The van der Waals surface area contributed by atoms with Gasteiger partial charge in [0.15, 0.2) is 0 Å². The maximum atomic E-state index is 13.1. The molecule has 0 amide bonds. The molecule has 1 heterocycles. The first kappa shape index (κ1) is 24.7. The molecule has 5 heteroatoms. The van der Waals surface area contributed by atoms with E-state index in [4.69, 9.17) is 11.6 Å². The van der Waals surface area contributed by atoms with Crippen LogP contribution in [0.2, 0.25) is 5.02 Å². The summed E-state index contributed by atoms with van der Waals surface area (Å²) in [7, 11) is 0.695. The molecule has 0 saturated heterocycles. The van der Waals surface area contributed by atoms with Crippen molar-refractivity contribution in [1.29, 1.82) is 0 Å². The van der Waals surface area contributed by atoms with Crippen LogP contribution in [0.5, 0.6) is 0 Å². The van der Waals surface area contributed by atoms with Crippen LogP contribution in [0.25, 0.3) is 0 Å². The molecule has 164 valence electrons. The molecule has 1 N–H and O–H groups in total. The minimum absolute atomic E-state index is 0.187. The predicted octanol–water partition coefficient (Wildman–Crippen LogP) is 8.34. The van der Waals surface area contributed by atoms with Gasteiger partial charge in [0.1, 0.15) is 5.82 Å². The zero-order valence-electron chi connectivity index (χ0n) is 18.6. The smallest absolute Gasteiger partial charge is 0.123 e. The van der Waals surface area contributed by atoms with Crippen LogP contribution in [0.15, 0.2) is 54.5 Å². The van der Waals surface area contributed by atoms with E-state index in [1.807, 2.05) is 30.3 Å². The van der Waals surface area contributed by atoms with E-state index in [0.29, 0.717) is 14.4 Å². The Kier molecular flexibility index (Phi) is 10.7. The molecule has 0 aliphatic carbocycles. The van der Waals surface area contributed by atoms with Crippen LogP contribution in [0, 0.1) is 12.7 Å². The van der Waals surface area contributed by atoms with E-state index in [9.17, 15) is 4.39 Å². The molecule has 0 aromatic heterocycles. The summed E-state index contributed by atoms with van der Waals surface area (Å²) in [6, 6.07) is 13.0. The predicted molar refractivity (Wildman–Crippen MR) is 132 cm³/mol. The Morgan fingerprint density at radius 2 is 1.77 bits per heavy atom. The molecule has 3 rings (SSSR count). The molecule has 2 aromatic carbocycles. The van der Waals surface area contributed by atoms with Gasteiger partial charge in [-0.05, 0) is 61.1 Å². The third-order valence-electron chi connectivity index (χ3n) is 5.07. The highest BCUT2D eigenvalue weighted by Gasteiger charge is 2.22. The molecule has 0 bridgehead atoms. The van der Waals surface area contributed by atoms with Crippen LogP contribution in [-0.2, 0) is 0 Å². The lowest BCUT2D eigenvalue weighted by Gasteiger charge is -2.29. The summed E-state index contributed by atoms with van der Waals surface area (Å²) in [5.41, 5.74) is 3.41. The summed E-state index contributed by atoms with van der Waals surface area (Å²) in [6.45, 7) is 9.57. The van der Waals surface area contributed by atoms with E-state index in [0.717, 1.165) is 28.4 Å². The minimum Gasteiger partial charge on any atom is -0.381 e. The molecule has 3 unspecified atom stereocenters. The number of nitrogens with one attached hydrogen (secondary N) is 1. The summed E-state index contributed by atoms with van der Waals surface area (Å²) in [5, 5.41) is 4.31. The quantitative estimate of drug-likeness (QED) is 0.322. The van der Waals surface area contributed by atoms with Crippen LogP contribution >= 0.6 is 20.2 Å². The summed E-state index contributed by atoms with van der Waals surface area (Å²) < 4.78 is 13.1. The highest BCUT2D eigenvalue weighted by molar-refractivity contribution is 7.42. The number of benzene rings is 2. The molecular weight excluding hydrogens is 414 g/mol. The molecule has 2 aromatic rings. The first-order valence-corrected chi connectivity index (χ1v) is 12.4. The lowest BCUT2D eigenvalue weighted by atomic mass is 10.1. The molecule has 0 fully saturated rings. The highest BCUT2D eigenvalue weighted by atomic mass is 35.5. The molecule has 1 aliphatic heterocycles. The third kappa shape index (κ3) is 7.93. The number of rotatable bonds is 8. The van der Waals surface area contributed by atoms with E-state index in [1.165, 1.54) is 37.8 Å². The van der Waals surface area contributed by atoms with E-state index in [-0.39, 0.29) is 11.9 Å². The maximum absolute atomic E-state index is 13.1. The zero-order valence-corrected chi connectivity index (χ0v) is 20.3. The Balaban J connectivity index is 0.000000469. The summed E-state index contributed by atoms with van der Waals surface area (Å²) in [6.07, 6.45) is 7.69. The van der Waals surface area contributed by atoms with Crippen molar-refractivity contribution < 1.29 is 4.39 Å². The van der Waals surface area contributed by atoms with Gasteiger partial charge in [-0.1, -0.05) is 71.8 Å². The van der Waals surface area contributed by atoms with Crippen molar-refractivity contribution in [3.8, 4) is 0 Å². The van der Waals surface area contributed by atoms with Gasteiger partial charge in [0.25, 0.3) is 0 Å². The minimum atomic E-state index is -0.187. The van der Waals surface area contributed by atoms with E-state index in [2.05, 4.69) is 49.9 Å². The van der Waals surface area contributed by atoms with Crippen molar-refractivity contribution in [3.05, 3.63) is 76.4 Å². The van der Waals surface area contributed by atoms with Crippen molar-refractivity contribution in [2.45, 2.75) is 65.2 Å². The second-order valence-corrected chi connectivity index (χ2v) is 9.49. The second kappa shape index (κ2) is 13.0. The third-order valence-corrected chi connectivity index (χ3v) is 6.63. The largest absolute Gasteiger partial charge is 0.381 e. The van der Waals surface area contributed by atoms with E-state index < -0.39 is 0 Å². The van der Waals surface area contributed by atoms with E-state index in [1.54, 1.807) is 0 Å². The van der Waals surface area contributed by atoms with E-state index >= 15 is 0 Å². The van der Waals surface area contributed by atoms with Gasteiger partial charge >= 0.3 is 0 Å². The van der Waals surface area contributed by atoms with Crippen molar-refractivity contribution in [2.24, 2.45) is 0 Å². The number of unbranched alkanes of at least 4 members (excludes halogenated alkanes) is 3. The van der Waals surface area contributed by atoms with Gasteiger partial charge in [-0.2, -0.15) is 0 Å². The van der Waals surface area contributed by atoms with Gasteiger partial charge in [0.2, 0.25) is 0 Å². The second-order valence-electron chi connectivity index (χ2n) is 7.85. The van der Waals surface area contributed by atoms with Crippen molar-refractivity contribution >= 4 is 25.9 Å². The number of hydrogen-bond donors (Lipinski definition) is 1. The Morgan fingerprint density at radius 3 is 2.37 bits per heavy atom. The number of hydrogen-bond acceptors (Lipinski definition) is 2. The number of halogens is 2. The van der Waals surface area contributed by atoms with Crippen LogP contribution < -0.4 is 5.32 Å². The lowest BCUT2D eigenvalue weighted by Crippen LogP contribution is -2.31. The standard InChI is InChI=1S/C19H21ClFN2P.C6H14/c1-13-11-16(20)5-8-18(13)22-14(2)12-23-9-10-24-19(23)15-3-6-17(21)7-4-15;1-3-5-6-4-2/h3-11,14,19,22,24H,12H2,1-2H3;3-6H2,1-2H3. The first-order valence-electron chi connectivity index (χ1n) is 10.9. The molecule has 0 radical (unpaired) electrons. The maximum Gasteiger partial charge on any atom is 0.123 e.